The van der Waals surface area contributed by atoms with Crippen LogP contribution in [0.2, 0.25) is 0 Å². The van der Waals surface area contributed by atoms with Gasteiger partial charge in [-0.05, 0) is 35.5 Å². The van der Waals surface area contributed by atoms with Gasteiger partial charge in [0, 0.05) is 11.1 Å². The molecule has 2 N–H and O–H groups in total. The van der Waals surface area contributed by atoms with Crippen molar-refractivity contribution in [1.29, 1.82) is 0 Å². The topological polar surface area (TPSA) is 74.8 Å². The molecule has 0 saturated heterocycles. The number of hydrogen-bond donors (Lipinski definition) is 2. The second-order valence-corrected chi connectivity index (χ2v) is 4.57. The van der Waals surface area contributed by atoms with Crippen molar-refractivity contribution >= 4 is 22.6 Å². The van der Waals surface area contributed by atoms with Crippen LogP contribution in [0.25, 0.3) is 11.0 Å². The third kappa shape index (κ3) is 2.67. The van der Waals surface area contributed by atoms with Gasteiger partial charge in [-0.3, -0.25) is 4.79 Å². The lowest BCUT2D eigenvalue weighted by atomic mass is 10.1. The lowest BCUT2D eigenvalue weighted by Gasteiger charge is -2.06. The third-order valence-electron chi connectivity index (χ3n) is 3.07. The minimum atomic E-state index is -0.562. The van der Waals surface area contributed by atoms with Crippen LogP contribution in [0, 0.1) is 5.82 Å². The number of nitrogens with one attached hydrogen (secondary N) is 1. The average molecular weight is 298 g/mol. The maximum Gasteiger partial charge on any atom is 0.268 e. The summed E-state index contributed by atoms with van der Waals surface area (Å²) in [6, 6.07) is 14.0. The van der Waals surface area contributed by atoms with E-state index in [9.17, 15) is 9.18 Å². The van der Waals surface area contributed by atoms with Crippen LogP contribution < -0.4 is 10.9 Å². The van der Waals surface area contributed by atoms with E-state index < -0.39 is 11.7 Å². The summed E-state index contributed by atoms with van der Waals surface area (Å²) >= 11 is 0. The Morgan fingerprint density at radius 2 is 1.95 bits per heavy atom. The summed E-state index contributed by atoms with van der Waals surface area (Å²) in [6.07, 6.45) is 0. The Balaban J connectivity index is 2.03. The predicted molar refractivity (Wildman–Crippen MR) is 77.9 cm³/mol. The van der Waals surface area contributed by atoms with E-state index in [0.29, 0.717) is 16.7 Å². The molecule has 0 aliphatic rings. The Bertz CT molecular complexity index is 918. The summed E-state index contributed by atoms with van der Waals surface area (Å²) in [7, 11) is 0. The number of para-hydroxylation sites is 1. The zero-order chi connectivity index (χ0) is 15.5. The van der Waals surface area contributed by atoms with Gasteiger partial charge in [-0.15, -0.1) is 0 Å². The highest BCUT2D eigenvalue weighted by Gasteiger charge is 2.13. The van der Waals surface area contributed by atoms with Crippen LogP contribution >= 0.6 is 0 Å². The molecular formula is C16H11FN2O3. The molecule has 1 heterocycles. The van der Waals surface area contributed by atoms with Crippen molar-refractivity contribution in [2.75, 3.05) is 5.32 Å². The van der Waals surface area contributed by atoms with Gasteiger partial charge in [-0.1, -0.05) is 24.3 Å². The van der Waals surface area contributed by atoms with Crippen molar-refractivity contribution in [1.82, 2.24) is 0 Å². The summed E-state index contributed by atoms with van der Waals surface area (Å²) in [6.45, 7) is 0. The highest BCUT2D eigenvalue weighted by molar-refractivity contribution is 6.05. The van der Waals surface area contributed by atoms with E-state index in [0.717, 1.165) is 0 Å². The fraction of sp³-hybridized carbons (Fsp3) is 0. The standard InChI is InChI=1S/C16H11FN2O3/c17-11-5-3-6-12(9-11)18-15(20)13-8-10-4-1-2-7-14(10)22-16(13)19-21/h1-9,21H,(H,18,20)/b19-16-. The van der Waals surface area contributed by atoms with Crippen molar-refractivity contribution < 1.29 is 18.8 Å². The fourth-order valence-electron chi connectivity index (χ4n) is 2.07. The van der Waals surface area contributed by atoms with Gasteiger partial charge >= 0.3 is 0 Å². The molecule has 5 nitrogen and oxygen atoms in total. The molecule has 0 spiro atoms. The molecule has 22 heavy (non-hydrogen) atoms. The first-order valence-electron chi connectivity index (χ1n) is 6.45. The Labute approximate surface area is 124 Å². The van der Waals surface area contributed by atoms with E-state index in [-0.39, 0.29) is 11.1 Å². The molecular weight excluding hydrogens is 287 g/mol. The van der Waals surface area contributed by atoms with Crippen LogP contribution in [0.5, 0.6) is 0 Å². The molecule has 110 valence electrons. The number of hydrogen-bond acceptors (Lipinski definition) is 4. The van der Waals surface area contributed by atoms with E-state index in [1.165, 1.54) is 18.2 Å². The molecule has 0 fully saturated rings. The zero-order valence-corrected chi connectivity index (χ0v) is 11.3. The number of fused-ring (bicyclic) bond motifs is 1. The summed E-state index contributed by atoms with van der Waals surface area (Å²) in [5, 5.41) is 15.2. The van der Waals surface area contributed by atoms with Crippen LogP contribution in [0.15, 0.2) is 64.2 Å². The SMILES string of the molecule is O=C(Nc1cccc(F)c1)c1cc2ccccc2o/c1=N\O. The quantitative estimate of drug-likeness (QED) is 0.564. The highest BCUT2D eigenvalue weighted by Crippen LogP contribution is 2.15. The molecule has 0 saturated carbocycles. The van der Waals surface area contributed by atoms with Crippen LogP contribution in [-0.4, -0.2) is 11.1 Å². The fourth-order valence-corrected chi connectivity index (χ4v) is 2.07. The highest BCUT2D eigenvalue weighted by atomic mass is 19.1. The summed E-state index contributed by atoms with van der Waals surface area (Å²) in [5.74, 6) is -1.03. The van der Waals surface area contributed by atoms with Gasteiger partial charge in [-0.25, -0.2) is 4.39 Å². The van der Waals surface area contributed by atoms with Crippen LogP contribution in [0.3, 0.4) is 0 Å². The lowest BCUT2D eigenvalue weighted by Crippen LogP contribution is -2.21. The first-order valence-corrected chi connectivity index (χ1v) is 6.45. The minimum Gasteiger partial charge on any atom is -0.435 e. The number of carbonyl (C=O) groups is 1. The van der Waals surface area contributed by atoms with Crippen molar-refractivity contribution in [2.45, 2.75) is 0 Å². The van der Waals surface area contributed by atoms with Gasteiger partial charge in [0.15, 0.2) is 0 Å². The van der Waals surface area contributed by atoms with Crippen LogP contribution in [-0.2, 0) is 0 Å². The smallest absolute Gasteiger partial charge is 0.268 e. The Morgan fingerprint density at radius 3 is 2.73 bits per heavy atom. The van der Waals surface area contributed by atoms with Crippen LogP contribution in [0.1, 0.15) is 10.4 Å². The van der Waals surface area contributed by atoms with Crippen molar-refractivity contribution in [2.24, 2.45) is 5.16 Å². The number of amides is 1. The Kier molecular flexibility index (Phi) is 3.57. The first kappa shape index (κ1) is 13.8. The average Bonchev–Trinajstić information content (AvgIpc) is 2.53. The maximum atomic E-state index is 13.1. The molecule has 3 rings (SSSR count). The molecule has 3 aromatic rings. The number of benzene rings is 2. The molecule has 0 bridgehead atoms. The molecule has 0 aliphatic heterocycles. The van der Waals surface area contributed by atoms with Gasteiger partial charge in [0.25, 0.3) is 11.5 Å². The second kappa shape index (κ2) is 5.69. The molecule has 6 heteroatoms. The van der Waals surface area contributed by atoms with Gasteiger partial charge in [0.2, 0.25) is 0 Å². The van der Waals surface area contributed by atoms with Gasteiger partial charge < -0.3 is 14.9 Å². The molecule has 0 unspecified atom stereocenters. The summed E-state index contributed by atoms with van der Waals surface area (Å²) in [4.78, 5) is 12.3. The molecule has 0 atom stereocenters. The van der Waals surface area contributed by atoms with Crippen LogP contribution in [0.4, 0.5) is 10.1 Å². The Hall–Kier alpha value is -3.15. The van der Waals surface area contributed by atoms with E-state index in [1.807, 2.05) is 0 Å². The number of carbonyl (C=O) groups excluding carboxylic acids is 1. The number of anilines is 1. The number of nitrogens with zero attached hydrogens (tertiary/aromatic N) is 1. The van der Waals surface area contributed by atoms with E-state index in [2.05, 4.69) is 10.5 Å². The zero-order valence-electron chi connectivity index (χ0n) is 11.3. The largest absolute Gasteiger partial charge is 0.435 e. The monoisotopic (exact) mass is 298 g/mol. The number of halogens is 1. The summed E-state index contributed by atoms with van der Waals surface area (Å²) in [5.41, 5.74) is 0.609. The third-order valence-corrected chi connectivity index (χ3v) is 3.07. The first-order chi connectivity index (χ1) is 10.7. The molecule has 1 aromatic heterocycles. The van der Waals surface area contributed by atoms with E-state index in [4.69, 9.17) is 9.62 Å². The van der Waals surface area contributed by atoms with Gasteiger partial charge in [0.1, 0.15) is 17.0 Å². The molecule has 0 aliphatic carbocycles. The molecule has 1 amide bonds. The van der Waals surface area contributed by atoms with Crippen molar-refractivity contribution in [3.05, 3.63) is 71.5 Å². The van der Waals surface area contributed by atoms with E-state index in [1.54, 1.807) is 36.4 Å². The summed E-state index contributed by atoms with van der Waals surface area (Å²) < 4.78 is 18.5. The normalized spacial score (nSPS) is 11.6. The van der Waals surface area contributed by atoms with Gasteiger partial charge in [0.05, 0.1) is 0 Å². The Morgan fingerprint density at radius 1 is 1.14 bits per heavy atom. The predicted octanol–water partition coefficient (Wildman–Crippen LogP) is 3.11. The van der Waals surface area contributed by atoms with E-state index >= 15 is 0 Å². The minimum absolute atomic E-state index is 0.0467. The van der Waals surface area contributed by atoms with Crippen molar-refractivity contribution in [3.8, 4) is 0 Å². The number of rotatable bonds is 2. The lowest BCUT2D eigenvalue weighted by molar-refractivity contribution is 0.102. The van der Waals surface area contributed by atoms with Crippen molar-refractivity contribution in [3.63, 3.8) is 0 Å². The van der Waals surface area contributed by atoms with Gasteiger partial charge in [-0.2, -0.15) is 0 Å². The maximum absolute atomic E-state index is 13.1. The molecule has 0 radical (unpaired) electrons. The second-order valence-electron chi connectivity index (χ2n) is 4.57. The molecule has 2 aromatic carbocycles.